The summed E-state index contributed by atoms with van der Waals surface area (Å²) in [6, 6.07) is 22.4. The first-order valence-corrected chi connectivity index (χ1v) is 11.2. The Morgan fingerprint density at radius 3 is 2.53 bits per heavy atom. The SMILES string of the molecule is C/C(=N\NC(=O)CSc1nc2ccccc2n1Cc1ccc(C)cc1)c1ccc(F)cc1. The molecule has 7 heteroatoms. The molecule has 1 aromatic heterocycles. The van der Waals surface area contributed by atoms with E-state index in [1.54, 1.807) is 19.1 Å². The molecular weight excluding hydrogens is 423 g/mol. The fraction of sp³-hybridized carbons (Fsp3) is 0.160. The van der Waals surface area contributed by atoms with Crippen LogP contribution in [-0.4, -0.2) is 26.9 Å². The van der Waals surface area contributed by atoms with Crippen molar-refractivity contribution in [3.63, 3.8) is 0 Å². The molecule has 1 N–H and O–H groups in total. The molecular formula is C25H23FN4OS. The Labute approximate surface area is 190 Å². The van der Waals surface area contributed by atoms with Gasteiger partial charge in [-0.05, 0) is 49.2 Å². The molecule has 1 heterocycles. The summed E-state index contributed by atoms with van der Waals surface area (Å²) in [7, 11) is 0. The average molecular weight is 447 g/mol. The van der Waals surface area contributed by atoms with Crippen LogP contribution >= 0.6 is 11.8 Å². The van der Waals surface area contributed by atoms with Crippen LogP contribution in [0.15, 0.2) is 83.1 Å². The van der Waals surface area contributed by atoms with Gasteiger partial charge in [0, 0.05) is 0 Å². The van der Waals surface area contributed by atoms with Gasteiger partial charge in [-0.3, -0.25) is 4.79 Å². The van der Waals surface area contributed by atoms with Gasteiger partial charge >= 0.3 is 0 Å². The van der Waals surface area contributed by atoms with Gasteiger partial charge in [0.15, 0.2) is 5.16 Å². The van der Waals surface area contributed by atoms with E-state index >= 15 is 0 Å². The summed E-state index contributed by atoms with van der Waals surface area (Å²) >= 11 is 1.37. The van der Waals surface area contributed by atoms with Crippen LogP contribution in [0.4, 0.5) is 4.39 Å². The zero-order valence-electron chi connectivity index (χ0n) is 17.9. The summed E-state index contributed by atoms with van der Waals surface area (Å²) < 4.78 is 15.2. The lowest BCUT2D eigenvalue weighted by atomic mass is 10.1. The Bertz CT molecular complexity index is 1260. The molecule has 32 heavy (non-hydrogen) atoms. The van der Waals surface area contributed by atoms with E-state index in [1.165, 1.54) is 35.0 Å². The van der Waals surface area contributed by atoms with E-state index in [9.17, 15) is 9.18 Å². The van der Waals surface area contributed by atoms with Gasteiger partial charge in [-0.25, -0.2) is 14.8 Å². The zero-order chi connectivity index (χ0) is 22.5. The van der Waals surface area contributed by atoms with Crippen LogP contribution in [0.3, 0.4) is 0 Å². The number of carbonyl (C=O) groups excluding carboxylic acids is 1. The zero-order valence-corrected chi connectivity index (χ0v) is 18.7. The summed E-state index contributed by atoms with van der Waals surface area (Å²) in [4.78, 5) is 17.1. The molecule has 0 radical (unpaired) electrons. The van der Waals surface area contributed by atoms with Crippen molar-refractivity contribution in [3.8, 4) is 0 Å². The number of thioether (sulfide) groups is 1. The minimum Gasteiger partial charge on any atom is -0.314 e. The van der Waals surface area contributed by atoms with Crippen molar-refractivity contribution in [1.82, 2.24) is 15.0 Å². The molecule has 0 spiro atoms. The maximum atomic E-state index is 13.1. The average Bonchev–Trinajstić information content (AvgIpc) is 3.15. The molecule has 0 saturated heterocycles. The number of hydrogen-bond donors (Lipinski definition) is 1. The first-order valence-electron chi connectivity index (χ1n) is 10.2. The van der Waals surface area contributed by atoms with E-state index in [4.69, 9.17) is 4.98 Å². The molecule has 4 aromatic rings. The first-order chi connectivity index (χ1) is 15.5. The van der Waals surface area contributed by atoms with Gasteiger partial charge in [-0.15, -0.1) is 0 Å². The summed E-state index contributed by atoms with van der Waals surface area (Å²) in [5.74, 6) is -0.363. The van der Waals surface area contributed by atoms with Crippen LogP contribution in [0.2, 0.25) is 0 Å². The number of nitrogens with one attached hydrogen (secondary N) is 1. The Balaban J connectivity index is 1.46. The van der Waals surface area contributed by atoms with E-state index in [2.05, 4.69) is 46.3 Å². The van der Waals surface area contributed by atoms with Gasteiger partial charge in [-0.2, -0.15) is 5.10 Å². The third kappa shape index (κ3) is 5.23. The monoisotopic (exact) mass is 446 g/mol. The number of halogens is 1. The number of hydrogen-bond acceptors (Lipinski definition) is 4. The molecule has 3 aromatic carbocycles. The quantitative estimate of drug-likeness (QED) is 0.242. The van der Waals surface area contributed by atoms with Crippen LogP contribution in [0.25, 0.3) is 11.0 Å². The van der Waals surface area contributed by atoms with E-state index < -0.39 is 0 Å². The van der Waals surface area contributed by atoms with Crippen LogP contribution < -0.4 is 5.43 Å². The van der Waals surface area contributed by atoms with Gasteiger partial charge in [0.25, 0.3) is 5.91 Å². The number of aryl methyl sites for hydroxylation is 1. The number of aromatic nitrogens is 2. The van der Waals surface area contributed by atoms with E-state index in [0.717, 1.165) is 21.8 Å². The van der Waals surface area contributed by atoms with Gasteiger partial charge in [0.05, 0.1) is 29.0 Å². The maximum absolute atomic E-state index is 13.1. The van der Waals surface area contributed by atoms with Gasteiger partial charge < -0.3 is 4.57 Å². The second-order valence-corrected chi connectivity index (χ2v) is 8.43. The maximum Gasteiger partial charge on any atom is 0.250 e. The molecule has 0 fully saturated rings. The highest BCUT2D eigenvalue weighted by molar-refractivity contribution is 7.99. The van der Waals surface area contributed by atoms with Crippen LogP contribution in [0, 0.1) is 12.7 Å². The topological polar surface area (TPSA) is 59.3 Å². The normalized spacial score (nSPS) is 11.7. The van der Waals surface area contributed by atoms with Gasteiger partial charge in [0.2, 0.25) is 0 Å². The van der Waals surface area contributed by atoms with Gasteiger partial charge in [-0.1, -0.05) is 65.9 Å². The van der Waals surface area contributed by atoms with Crippen molar-refractivity contribution in [2.24, 2.45) is 5.10 Å². The van der Waals surface area contributed by atoms with Gasteiger partial charge in [0.1, 0.15) is 5.82 Å². The molecule has 0 aliphatic heterocycles. The predicted octanol–water partition coefficient (Wildman–Crippen LogP) is 5.16. The lowest BCUT2D eigenvalue weighted by molar-refractivity contribution is -0.118. The van der Waals surface area contributed by atoms with E-state index in [-0.39, 0.29) is 17.5 Å². The van der Waals surface area contributed by atoms with Crippen LogP contribution in [-0.2, 0) is 11.3 Å². The van der Waals surface area contributed by atoms with Crippen molar-refractivity contribution >= 4 is 34.4 Å². The Morgan fingerprint density at radius 1 is 1.06 bits per heavy atom. The molecule has 0 unspecified atom stereocenters. The lowest BCUT2D eigenvalue weighted by Gasteiger charge is -2.09. The first kappa shape index (κ1) is 21.8. The number of amides is 1. The van der Waals surface area contributed by atoms with Crippen molar-refractivity contribution in [2.45, 2.75) is 25.5 Å². The number of benzene rings is 3. The number of rotatable bonds is 7. The second kappa shape index (κ2) is 9.78. The highest BCUT2D eigenvalue weighted by atomic mass is 32.2. The molecule has 162 valence electrons. The highest BCUT2D eigenvalue weighted by Crippen LogP contribution is 2.25. The molecule has 4 rings (SSSR count). The molecule has 0 atom stereocenters. The largest absolute Gasteiger partial charge is 0.314 e. The minimum absolute atomic E-state index is 0.178. The Morgan fingerprint density at radius 2 is 1.78 bits per heavy atom. The molecule has 5 nitrogen and oxygen atoms in total. The number of fused-ring (bicyclic) bond motifs is 1. The summed E-state index contributed by atoms with van der Waals surface area (Å²) in [6.07, 6.45) is 0. The van der Waals surface area contributed by atoms with Crippen molar-refractivity contribution in [2.75, 3.05) is 5.75 Å². The summed E-state index contributed by atoms with van der Waals surface area (Å²) in [5.41, 5.74) is 8.24. The number of hydrazone groups is 1. The fourth-order valence-electron chi connectivity index (χ4n) is 3.26. The third-order valence-corrected chi connectivity index (χ3v) is 6.00. The van der Waals surface area contributed by atoms with E-state index in [1.807, 2.05) is 24.3 Å². The number of carbonyl (C=O) groups is 1. The third-order valence-electron chi connectivity index (χ3n) is 5.02. The summed E-state index contributed by atoms with van der Waals surface area (Å²) in [5, 5.41) is 4.91. The minimum atomic E-state index is -0.310. The van der Waals surface area contributed by atoms with Crippen LogP contribution in [0.5, 0.6) is 0 Å². The molecule has 1 amide bonds. The second-order valence-electron chi connectivity index (χ2n) is 7.48. The molecule has 0 aliphatic rings. The Kier molecular flexibility index (Phi) is 6.66. The van der Waals surface area contributed by atoms with Crippen molar-refractivity contribution < 1.29 is 9.18 Å². The van der Waals surface area contributed by atoms with Crippen molar-refractivity contribution in [1.29, 1.82) is 0 Å². The summed E-state index contributed by atoms with van der Waals surface area (Å²) in [6.45, 7) is 4.50. The van der Waals surface area contributed by atoms with Crippen molar-refractivity contribution in [3.05, 3.63) is 95.3 Å². The molecule has 0 aliphatic carbocycles. The fourth-order valence-corrected chi connectivity index (χ4v) is 4.06. The smallest absolute Gasteiger partial charge is 0.250 e. The highest BCUT2D eigenvalue weighted by Gasteiger charge is 2.13. The molecule has 0 bridgehead atoms. The number of nitrogens with zero attached hydrogens (tertiary/aromatic N) is 3. The number of imidazole rings is 1. The number of para-hydroxylation sites is 2. The standard InChI is InChI=1S/C25H23FN4OS/c1-17-7-9-19(10-8-17)15-30-23-6-4-3-5-22(23)27-25(30)32-16-24(31)29-28-18(2)20-11-13-21(26)14-12-20/h3-14H,15-16H2,1-2H3,(H,29,31)/b28-18+. The lowest BCUT2D eigenvalue weighted by Crippen LogP contribution is -2.21. The Hall–Kier alpha value is -3.45. The van der Waals surface area contributed by atoms with Crippen LogP contribution in [0.1, 0.15) is 23.6 Å². The predicted molar refractivity (Wildman–Crippen MR) is 127 cm³/mol. The molecule has 0 saturated carbocycles. The van der Waals surface area contributed by atoms with E-state index in [0.29, 0.717) is 12.3 Å².